The third-order valence-corrected chi connectivity index (χ3v) is 6.09. The van der Waals surface area contributed by atoms with E-state index in [0.29, 0.717) is 23.1 Å². The van der Waals surface area contributed by atoms with Gasteiger partial charge in [0.15, 0.2) is 0 Å². The van der Waals surface area contributed by atoms with Crippen molar-refractivity contribution in [3.63, 3.8) is 0 Å². The fraction of sp³-hybridized carbons (Fsp3) is 0.263. The number of methoxy groups -OCH3 is 1. The second kappa shape index (κ2) is 6.62. The first-order chi connectivity index (χ1) is 12.5. The fourth-order valence-corrected chi connectivity index (χ4v) is 4.78. The molecule has 2 heterocycles. The monoisotopic (exact) mass is 436 g/mol. The molecule has 0 N–H and O–H groups in total. The number of ether oxygens (including phenoxy) is 3. The molecule has 134 valence electrons. The van der Waals surface area contributed by atoms with E-state index in [0.717, 1.165) is 27.0 Å². The van der Waals surface area contributed by atoms with Crippen molar-refractivity contribution >= 4 is 26.3 Å². The van der Waals surface area contributed by atoms with Gasteiger partial charge in [0.1, 0.15) is 0 Å². The topological polar surface area (TPSA) is 53.5 Å². The van der Waals surface area contributed by atoms with E-state index in [1.807, 2.05) is 50.2 Å². The molecule has 2 aromatic carbocycles. The molecule has 0 unspecified atom stereocenters. The predicted molar refractivity (Wildman–Crippen MR) is 100 cm³/mol. The van der Waals surface area contributed by atoms with Gasteiger partial charge in [-0.1, -0.05) is 0 Å². The average molecular weight is 436 g/mol. The van der Waals surface area contributed by atoms with Gasteiger partial charge in [-0.05, 0) is 0 Å². The average Bonchev–Trinajstić information content (AvgIpc) is 3.12. The molecule has 0 aliphatic carbocycles. The quantitative estimate of drug-likeness (QED) is 0.578. The van der Waals surface area contributed by atoms with Gasteiger partial charge in [0.05, 0.1) is 0 Å². The van der Waals surface area contributed by atoms with Crippen LogP contribution in [0.15, 0.2) is 36.4 Å². The molecule has 0 bridgehead atoms. The number of benzene rings is 2. The maximum absolute atomic E-state index is 6.19. The van der Waals surface area contributed by atoms with Crippen molar-refractivity contribution in [3.8, 4) is 27.2 Å². The van der Waals surface area contributed by atoms with E-state index >= 15 is 0 Å². The Labute approximate surface area is 162 Å². The molecule has 7 heteroatoms. The summed E-state index contributed by atoms with van der Waals surface area (Å²) in [6, 6.07) is 11.4. The van der Waals surface area contributed by atoms with Crippen LogP contribution in [0.5, 0.6) is 17.2 Å². The molecule has 0 amide bonds. The van der Waals surface area contributed by atoms with Crippen LogP contribution in [0.3, 0.4) is 0 Å². The maximum atomic E-state index is 6.19. The van der Waals surface area contributed by atoms with Gasteiger partial charge in [-0.2, -0.15) is 0 Å². The zero-order valence-electron chi connectivity index (χ0n) is 14.6. The molecule has 3 aromatic rings. The van der Waals surface area contributed by atoms with Crippen molar-refractivity contribution in [2.75, 3.05) is 7.11 Å². The Morgan fingerprint density at radius 2 is 1.92 bits per heavy atom. The van der Waals surface area contributed by atoms with Gasteiger partial charge in [0.25, 0.3) is 0 Å². The third-order valence-electron chi connectivity index (χ3n) is 4.24. The molecule has 0 radical (unpaired) electrons. The van der Waals surface area contributed by atoms with Crippen LogP contribution in [0, 0.1) is 0 Å². The molecule has 0 spiro atoms. The summed E-state index contributed by atoms with van der Waals surface area (Å²) in [6.07, 6.45) is 0. The molecule has 1 aliphatic heterocycles. The molecular weight excluding hydrogens is 419 g/mol. The van der Waals surface area contributed by atoms with Gasteiger partial charge in [0.2, 0.25) is 0 Å². The van der Waals surface area contributed by atoms with E-state index in [4.69, 9.17) is 25.8 Å². The van der Waals surface area contributed by atoms with Gasteiger partial charge in [-0.3, -0.25) is 0 Å². The van der Waals surface area contributed by atoms with Gasteiger partial charge >= 0.3 is 163 Å². The summed E-state index contributed by atoms with van der Waals surface area (Å²) in [6.45, 7) is 4.42. The van der Waals surface area contributed by atoms with E-state index in [2.05, 4.69) is 9.19 Å². The Hall–Kier alpha value is -2.01. The van der Waals surface area contributed by atoms with Crippen LogP contribution in [0.1, 0.15) is 25.1 Å². The summed E-state index contributed by atoms with van der Waals surface area (Å²) in [5.74, 6) is 2.07. The van der Waals surface area contributed by atoms with Crippen molar-refractivity contribution in [2.24, 2.45) is 0 Å². The first-order valence-corrected chi connectivity index (χ1v) is 10.1. The molecule has 1 aliphatic rings. The fourth-order valence-electron chi connectivity index (χ4n) is 2.90. The summed E-state index contributed by atoms with van der Waals surface area (Å²) in [5, 5.41) is 5.00. The second-order valence-electron chi connectivity index (χ2n) is 6.48. The number of aromatic nitrogens is 2. The molecule has 26 heavy (non-hydrogen) atoms. The summed E-state index contributed by atoms with van der Waals surface area (Å²) >= 11 is 5.89. The van der Waals surface area contributed by atoms with E-state index in [9.17, 15) is 0 Å². The first kappa shape index (κ1) is 17.4. The SMILES string of the molecule is COc1cc2c(cc1OCc1ccc(Cl)cc1)OC(C)(C)c1nn[se]c1-2. The van der Waals surface area contributed by atoms with Crippen LogP contribution >= 0.6 is 11.6 Å². The Bertz CT molecular complexity index is 954. The molecule has 5 nitrogen and oxygen atoms in total. The molecule has 0 saturated heterocycles. The molecule has 4 rings (SSSR count). The second-order valence-corrected chi connectivity index (χ2v) is 8.50. The summed E-state index contributed by atoms with van der Waals surface area (Å²) < 4.78 is 23.1. The Morgan fingerprint density at radius 3 is 2.65 bits per heavy atom. The minimum absolute atomic E-state index is 0.0399. The Balaban J connectivity index is 1.68. The van der Waals surface area contributed by atoms with Gasteiger partial charge < -0.3 is 0 Å². The number of fused-ring (bicyclic) bond motifs is 3. The zero-order chi connectivity index (χ0) is 18.3. The predicted octanol–water partition coefficient (Wildman–Crippen LogP) is 4.07. The van der Waals surface area contributed by atoms with Crippen LogP contribution in [0.25, 0.3) is 10.0 Å². The molecule has 0 fully saturated rings. The van der Waals surface area contributed by atoms with Crippen LogP contribution in [-0.4, -0.2) is 31.0 Å². The standard InChI is InChI=1S/C19H17ClN2O3Se/c1-19(2)18-17(26-22-21-18)13-8-15(23-3)16(9-14(13)25-19)24-10-11-4-6-12(20)7-5-11/h4-9H,10H2,1-3H3. The third kappa shape index (κ3) is 3.09. The zero-order valence-corrected chi connectivity index (χ0v) is 17.0. The summed E-state index contributed by atoms with van der Waals surface area (Å²) in [4.78, 5) is 0. The van der Waals surface area contributed by atoms with Crippen molar-refractivity contribution < 1.29 is 14.2 Å². The van der Waals surface area contributed by atoms with Crippen LogP contribution in [0.4, 0.5) is 0 Å². The molecule has 1 aromatic heterocycles. The van der Waals surface area contributed by atoms with E-state index in [1.54, 1.807) is 7.11 Å². The van der Waals surface area contributed by atoms with Crippen molar-refractivity contribution in [3.05, 3.63) is 52.7 Å². The number of hydrogen-bond donors (Lipinski definition) is 0. The van der Waals surface area contributed by atoms with Crippen LogP contribution < -0.4 is 14.2 Å². The Kier molecular flexibility index (Phi) is 4.43. The molecule has 0 atom stereocenters. The summed E-state index contributed by atoms with van der Waals surface area (Å²) in [5.41, 5.74) is 2.41. The normalized spacial score (nSPS) is 14.2. The number of halogens is 1. The van der Waals surface area contributed by atoms with Crippen LogP contribution in [0.2, 0.25) is 5.02 Å². The van der Waals surface area contributed by atoms with E-state index < -0.39 is 5.60 Å². The number of hydrogen-bond acceptors (Lipinski definition) is 5. The number of nitrogens with zero attached hydrogens (tertiary/aromatic N) is 2. The van der Waals surface area contributed by atoms with Crippen molar-refractivity contribution in [1.82, 2.24) is 9.19 Å². The Morgan fingerprint density at radius 1 is 1.15 bits per heavy atom. The van der Waals surface area contributed by atoms with E-state index in [1.165, 1.54) is 0 Å². The van der Waals surface area contributed by atoms with E-state index in [-0.39, 0.29) is 14.7 Å². The molecule has 0 saturated carbocycles. The van der Waals surface area contributed by atoms with Crippen molar-refractivity contribution in [2.45, 2.75) is 26.1 Å². The van der Waals surface area contributed by atoms with Gasteiger partial charge in [-0.25, -0.2) is 0 Å². The first-order valence-electron chi connectivity index (χ1n) is 8.09. The van der Waals surface area contributed by atoms with Crippen molar-refractivity contribution in [1.29, 1.82) is 0 Å². The molecular formula is C19H17ClN2O3Se. The van der Waals surface area contributed by atoms with Crippen LogP contribution in [-0.2, 0) is 12.2 Å². The minimum atomic E-state index is -0.508. The van der Waals surface area contributed by atoms with Gasteiger partial charge in [-0.15, -0.1) is 0 Å². The van der Waals surface area contributed by atoms with Gasteiger partial charge in [0, 0.05) is 0 Å². The number of rotatable bonds is 4. The summed E-state index contributed by atoms with van der Waals surface area (Å²) in [7, 11) is 1.63.